The molecular weight excluding hydrogens is 248 g/mol. The number of hydrogen-bond donors (Lipinski definition) is 1. The van der Waals surface area contributed by atoms with Gasteiger partial charge in [0, 0.05) is 13.0 Å². The monoisotopic (exact) mass is 274 g/mol. The Labute approximate surface area is 121 Å². The second kappa shape index (κ2) is 7.44. The summed E-state index contributed by atoms with van der Waals surface area (Å²) in [6, 6.07) is 8.24. The van der Waals surface area contributed by atoms with Crippen LogP contribution < -0.4 is 0 Å². The molecule has 3 heteroatoms. The predicted molar refractivity (Wildman–Crippen MR) is 83.9 cm³/mol. The molecule has 2 aromatic rings. The van der Waals surface area contributed by atoms with E-state index in [-0.39, 0.29) is 6.10 Å². The summed E-state index contributed by atoms with van der Waals surface area (Å²) in [5.41, 5.74) is 2.22. The second-order valence-electron chi connectivity index (χ2n) is 5.52. The average molecular weight is 274 g/mol. The first-order valence-corrected chi connectivity index (χ1v) is 7.88. The van der Waals surface area contributed by atoms with Gasteiger partial charge in [-0.2, -0.15) is 0 Å². The van der Waals surface area contributed by atoms with Crippen molar-refractivity contribution in [1.82, 2.24) is 9.55 Å². The van der Waals surface area contributed by atoms with Crippen LogP contribution in [0.3, 0.4) is 0 Å². The van der Waals surface area contributed by atoms with E-state index in [1.807, 2.05) is 6.07 Å². The van der Waals surface area contributed by atoms with Gasteiger partial charge >= 0.3 is 0 Å². The summed E-state index contributed by atoms with van der Waals surface area (Å²) < 4.78 is 2.26. The second-order valence-corrected chi connectivity index (χ2v) is 5.52. The van der Waals surface area contributed by atoms with Crippen LogP contribution in [-0.4, -0.2) is 20.8 Å². The van der Waals surface area contributed by atoms with Gasteiger partial charge in [-0.1, -0.05) is 45.2 Å². The van der Waals surface area contributed by atoms with Gasteiger partial charge in [-0.3, -0.25) is 0 Å². The highest BCUT2D eigenvalue weighted by Crippen LogP contribution is 2.18. The number of benzene rings is 1. The zero-order valence-electron chi connectivity index (χ0n) is 12.7. The predicted octanol–water partition coefficient (Wildman–Crippen LogP) is 3.93. The van der Waals surface area contributed by atoms with Crippen LogP contribution in [0.25, 0.3) is 11.0 Å². The summed E-state index contributed by atoms with van der Waals surface area (Å²) in [4.78, 5) is 4.70. The molecule has 0 saturated carbocycles. The molecule has 20 heavy (non-hydrogen) atoms. The summed E-state index contributed by atoms with van der Waals surface area (Å²) >= 11 is 0. The molecule has 1 aromatic heterocycles. The molecule has 1 N–H and O–H groups in total. The number of aromatic nitrogens is 2. The molecule has 0 amide bonds. The number of hydrogen-bond acceptors (Lipinski definition) is 2. The van der Waals surface area contributed by atoms with Crippen LogP contribution in [-0.2, 0) is 13.0 Å². The topological polar surface area (TPSA) is 38.1 Å². The van der Waals surface area contributed by atoms with E-state index in [9.17, 15) is 5.11 Å². The van der Waals surface area contributed by atoms with Crippen molar-refractivity contribution in [3.05, 3.63) is 30.1 Å². The van der Waals surface area contributed by atoms with Gasteiger partial charge < -0.3 is 9.67 Å². The molecule has 3 nitrogen and oxygen atoms in total. The molecule has 2 rings (SSSR count). The third-order valence-electron chi connectivity index (χ3n) is 3.74. The molecule has 0 saturated heterocycles. The molecule has 0 fully saturated rings. The average Bonchev–Trinajstić information content (AvgIpc) is 2.78. The lowest BCUT2D eigenvalue weighted by atomic mass is 10.1. The molecule has 0 aliphatic carbocycles. The molecule has 0 bridgehead atoms. The molecule has 1 unspecified atom stereocenters. The van der Waals surface area contributed by atoms with E-state index >= 15 is 0 Å². The molecule has 0 spiro atoms. The lowest BCUT2D eigenvalue weighted by molar-refractivity contribution is 0.157. The normalized spacial score (nSPS) is 12.9. The minimum absolute atomic E-state index is 0.269. The summed E-state index contributed by atoms with van der Waals surface area (Å²) in [5, 5.41) is 10.2. The minimum Gasteiger partial charge on any atom is -0.393 e. The number of rotatable bonds is 8. The largest absolute Gasteiger partial charge is 0.393 e. The van der Waals surface area contributed by atoms with Gasteiger partial charge in [0.1, 0.15) is 5.82 Å². The van der Waals surface area contributed by atoms with Crippen molar-refractivity contribution in [3.63, 3.8) is 0 Å². The van der Waals surface area contributed by atoms with Crippen LogP contribution in [0.15, 0.2) is 24.3 Å². The van der Waals surface area contributed by atoms with E-state index in [0.717, 1.165) is 37.1 Å². The number of fused-ring (bicyclic) bond motifs is 1. The fourth-order valence-corrected chi connectivity index (χ4v) is 2.70. The number of nitrogens with zero attached hydrogens (tertiary/aromatic N) is 2. The van der Waals surface area contributed by atoms with E-state index in [4.69, 9.17) is 4.98 Å². The minimum atomic E-state index is -0.269. The molecule has 1 heterocycles. The molecule has 0 aliphatic rings. The Morgan fingerprint density at radius 3 is 2.70 bits per heavy atom. The Balaban J connectivity index is 2.13. The Morgan fingerprint density at radius 1 is 1.15 bits per heavy atom. The third-order valence-corrected chi connectivity index (χ3v) is 3.74. The third kappa shape index (κ3) is 3.60. The Kier molecular flexibility index (Phi) is 5.60. The molecule has 1 atom stereocenters. The van der Waals surface area contributed by atoms with Crippen molar-refractivity contribution < 1.29 is 5.11 Å². The van der Waals surface area contributed by atoms with Crippen molar-refractivity contribution in [3.8, 4) is 0 Å². The standard InChI is InChI=1S/C17H26N2O/c1-3-5-6-9-14(20)13-17-18-15-10-7-8-11-16(15)19(17)12-4-2/h7-8,10-11,14,20H,3-6,9,12-13H2,1-2H3. The smallest absolute Gasteiger partial charge is 0.112 e. The lowest BCUT2D eigenvalue weighted by Crippen LogP contribution is -2.15. The summed E-state index contributed by atoms with van der Waals surface area (Å²) in [5.74, 6) is 1.03. The first-order valence-electron chi connectivity index (χ1n) is 7.88. The van der Waals surface area contributed by atoms with Gasteiger partial charge in [-0.15, -0.1) is 0 Å². The van der Waals surface area contributed by atoms with Gasteiger partial charge in [0.15, 0.2) is 0 Å². The van der Waals surface area contributed by atoms with Crippen molar-refractivity contribution in [2.75, 3.05) is 0 Å². The van der Waals surface area contributed by atoms with Crippen LogP contribution in [0.1, 0.15) is 51.8 Å². The highest BCUT2D eigenvalue weighted by molar-refractivity contribution is 5.75. The van der Waals surface area contributed by atoms with Gasteiger partial charge in [-0.05, 0) is 25.0 Å². The van der Waals surface area contributed by atoms with Crippen molar-refractivity contribution in [1.29, 1.82) is 0 Å². The maximum Gasteiger partial charge on any atom is 0.112 e. The van der Waals surface area contributed by atoms with Crippen molar-refractivity contribution >= 4 is 11.0 Å². The number of aliphatic hydroxyl groups excluding tert-OH is 1. The molecule has 0 radical (unpaired) electrons. The lowest BCUT2D eigenvalue weighted by Gasteiger charge is -2.12. The number of unbranched alkanes of at least 4 members (excludes halogenated alkanes) is 2. The first kappa shape index (κ1) is 15.0. The van der Waals surface area contributed by atoms with Crippen LogP contribution in [0, 0.1) is 0 Å². The van der Waals surface area contributed by atoms with Gasteiger partial charge in [-0.25, -0.2) is 4.98 Å². The highest BCUT2D eigenvalue weighted by Gasteiger charge is 2.13. The molecular formula is C17H26N2O. The van der Waals surface area contributed by atoms with Crippen LogP contribution >= 0.6 is 0 Å². The van der Waals surface area contributed by atoms with E-state index in [1.165, 1.54) is 18.4 Å². The molecule has 110 valence electrons. The van der Waals surface area contributed by atoms with E-state index < -0.39 is 0 Å². The summed E-state index contributed by atoms with van der Waals surface area (Å²) in [6.45, 7) is 5.33. The van der Waals surface area contributed by atoms with Gasteiger partial charge in [0.2, 0.25) is 0 Å². The Bertz CT molecular complexity index is 533. The van der Waals surface area contributed by atoms with Crippen LogP contribution in [0.2, 0.25) is 0 Å². The van der Waals surface area contributed by atoms with E-state index in [1.54, 1.807) is 0 Å². The summed E-state index contributed by atoms with van der Waals surface area (Å²) in [6.07, 6.45) is 5.85. The zero-order valence-corrected chi connectivity index (χ0v) is 12.7. The zero-order chi connectivity index (χ0) is 14.4. The molecule has 0 aliphatic heterocycles. The van der Waals surface area contributed by atoms with Crippen LogP contribution in [0.5, 0.6) is 0 Å². The van der Waals surface area contributed by atoms with E-state index in [2.05, 4.69) is 36.6 Å². The maximum absolute atomic E-state index is 10.2. The Morgan fingerprint density at radius 2 is 1.95 bits per heavy atom. The SMILES string of the molecule is CCCCCC(O)Cc1nc2ccccc2n1CCC. The first-order chi connectivity index (χ1) is 9.76. The number of para-hydroxylation sites is 2. The van der Waals surface area contributed by atoms with Crippen LogP contribution in [0.4, 0.5) is 0 Å². The Hall–Kier alpha value is -1.35. The summed E-state index contributed by atoms with van der Waals surface area (Å²) in [7, 11) is 0. The number of imidazole rings is 1. The maximum atomic E-state index is 10.2. The fourth-order valence-electron chi connectivity index (χ4n) is 2.70. The van der Waals surface area contributed by atoms with Crippen molar-refractivity contribution in [2.45, 2.75) is 65.0 Å². The number of aryl methyl sites for hydroxylation is 1. The molecule has 1 aromatic carbocycles. The highest BCUT2D eigenvalue weighted by atomic mass is 16.3. The fraction of sp³-hybridized carbons (Fsp3) is 0.588. The van der Waals surface area contributed by atoms with Crippen molar-refractivity contribution in [2.24, 2.45) is 0 Å². The van der Waals surface area contributed by atoms with Gasteiger partial charge in [0.25, 0.3) is 0 Å². The quantitative estimate of drug-likeness (QED) is 0.741. The number of aliphatic hydroxyl groups is 1. The van der Waals surface area contributed by atoms with Gasteiger partial charge in [0.05, 0.1) is 17.1 Å². The van der Waals surface area contributed by atoms with E-state index in [0.29, 0.717) is 6.42 Å².